The van der Waals surface area contributed by atoms with Gasteiger partial charge in [0.15, 0.2) is 0 Å². The summed E-state index contributed by atoms with van der Waals surface area (Å²) in [6.07, 6.45) is 15.6. The van der Waals surface area contributed by atoms with Crippen LogP contribution in [0.2, 0.25) is 0 Å². The van der Waals surface area contributed by atoms with Crippen molar-refractivity contribution in [1.82, 2.24) is 24.9 Å². The Balaban J connectivity index is 1.47. The molecule has 3 aliphatic heterocycles. The van der Waals surface area contributed by atoms with E-state index in [9.17, 15) is 4.79 Å². The lowest BCUT2D eigenvalue weighted by molar-refractivity contribution is -0.122. The zero-order valence-corrected chi connectivity index (χ0v) is 17.2. The number of amides is 1. The molecule has 2 aromatic rings. The molecule has 1 fully saturated rings. The van der Waals surface area contributed by atoms with Crippen molar-refractivity contribution < 1.29 is 4.79 Å². The predicted molar refractivity (Wildman–Crippen MR) is 119 cm³/mol. The van der Waals surface area contributed by atoms with E-state index in [0.29, 0.717) is 6.04 Å². The number of piperazine rings is 1. The topological polar surface area (TPSA) is 53.4 Å². The monoisotopic (exact) mass is 399 g/mol. The molecule has 1 saturated heterocycles. The number of rotatable bonds is 2. The summed E-state index contributed by atoms with van der Waals surface area (Å²) < 4.78 is 1.85. The van der Waals surface area contributed by atoms with Crippen molar-refractivity contribution in [3.63, 3.8) is 0 Å². The van der Waals surface area contributed by atoms with Crippen LogP contribution in [0.1, 0.15) is 12.5 Å². The molecule has 0 aliphatic carbocycles. The number of benzene rings is 1. The van der Waals surface area contributed by atoms with E-state index in [1.807, 2.05) is 60.6 Å². The van der Waals surface area contributed by atoms with Gasteiger partial charge in [-0.25, -0.2) is 0 Å². The summed E-state index contributed by atoms with van der Waals surface area (Å²) >= 11 is 0. The number of hydrogen-bond donors (Lipinski definition) is 1. The number of hydrogen-bond acceptors (Lipinski definition) is 4. The van der Waals surface area contributed by atoms with Crippen LogP contribution in [-0.2, 0) is 11.8 Å². The van der Waals surface area contributed by atoms with Crippen LogP contribution in [0.3, 0.4) is 0 Å². The first-order chi connectivity index (χ1) is 14.6. The number of allylic oxidation sites excluding steroid dienone is 6. The van der Waals surface area contributed by atoms with E-state index in [-0.39, 0.29) is 5.91 Å². The minimum absolute atomic E-state index is 0.0445. The van der Waals surface area contributed by atoms with Gasteiger partial charge in [-0.1, -0.05) is 18.2 Å². The van der Waals surface area contributed by atoms with Gasteiger partial charge in [0, 0.05) is 56.1 Å². The van der Waals surface area contributed by atoms with Gasteiger partial charge >= 0.3 is 0 Å². The number of nitrogens with zero attached hydrogens (tertiary/aromatic N) is 4. The van der Waals surface area contributed by atoms with Crippen LogP contribution in [-0.4, -0.2) is 51.2 Å². The molecule has 6 heteroatoms. The number of aromatic nitrogens is 2. The first-order valence-electron chi connectivity index (χ1n) is 10.3. The Morgan fingerprint density at radius 1 is 1.17 bits per heavy atom. The van der Waals surface area contributed by atoms with Gasteiger partial charge < -0.3 is 10.2 Å². The molecular formula is C24H25N5O. The summed E-state index contributed by atoms with van der Waals surface area (Å²) in [6.45, 7) is 5.01. The number of nitrogens with one attached hydrogen (secondary N) is 1. The fraction of sp³-hybridized carbons (Fsp3) is 0.250. The van der Waals surface area contributed by atoms with Crippen LogP contribution < -0.4 is 5.32 Å². The van der Waals surface area contributed by atoms with Crippen LogP contribution in [0.4, 0.5) is 0 Å². The third-order valence-electron chi connectivity index (χ3n) is 5.84. The molecule has 0 saturated carbocycles. The zero-order chi connectivity index (χ0) is 20.7. The van der Waals surface area contributed by atoms with Crippen molar-refractivity contribution >= 4 is 22.4 Å². The Kier molecular flexibility index (Phi) is 4.64. The van der Waals surface area contributed by atoms with Crippen LogP contribution in [0.5, 0.6) is 0 Å². The lowest BCUT2D eigenvalue weighted by atomic mass is 10.0. The maximum Gasteiger partial charge on any atom is 0.255 e. The largest absolute Gasteiger partial charge is 0.368 e. The van der Waals surface area contributed by atoms with E-state index in [1.54, 1.807) is 11.0 Å². The fourth-order valence-electron chi connectivity index (χ4n) is 4.21. The molecule has 0 spiro atoms. The van der Waals surface area contributed by atoms with Gasteiger partial charge in [0.1, 0.15) is 0 Å². The Hall–Kier alpha value is -3.38. The van der Waals surface area contributed by atoms with E-state index >= 15 is 0 Å². The Labute approximate surface area is 176 Å². The molecule has 4 heterocycles. The van der Waals surface area contributed by atoms with E-state index in [0.717, 1.165) is 53.1 Å². The van der Waals surface area contributed by atoms with E-state index in [4.69, 9.17) is 0 Å². The van der Waals surface area contributed by atoms with E-state index in [1.165, 1.54) is 0 Å². The highest BCUT2D eigenvalue weighted by Gasteiger charge is 2.23. The van der Waals surface area contributed by atoms with Crippen molar-refractivity contribution in [2.45, 2.75) is 13.0 Å². The zero-order valence-electron chi connectivity index (χ0n) is 17.2. The second-order valence-electron chi connectivity index (χ2n) is 7.99. The van der Waals surface area contributed by atoms with Gasteiger partial charge in [0.2, 0.25) is 0 Å². The van der Waals surface area contributed by atoms with Gasteiger partial charge in [0.05, 0.1) is 17.4 Å². The molecule has 1 aromatic heterocycles. The highest BCUT2D eigenvalue weighted by atomic mass is 16.2. The fourth-order valence-corrected chi connectivity index (χ4v) is 4.21. The number of carbonyl (C=O) groups excluding carboxylic acids is 1. The lowest BCUT2D eigenvalue weighted by Gasteiger charge is -2.36. The molecule has 0 unspecified atom stereocenters. The van der Waals surface area contributed by atoms with E-state index in [2.05, 4.69) is 34.4 Å². The molecule has 3 aliphatic rings. The molecule has 1 aromatic carbocycles. The summed E-state index contributed by atoms with van der Waals surface area (Å²) in [7, 11) is 1.93. The third kappa shape index (κ3) is 3.39. The second kappa shape index (κ2) is 7.46. The van der Waals surface area contributed by atoms with Gasteiger partial charge in [0.25, 0.3) is 5.91 Å². The van der Waals surface area contributed by atoms with Gasteiger partial charge in [-0.05, 0) is 48.4 Å². The minimum atomic E-state index is -0.0445. The maximum atomic E-state index is 13.2. The van der Waals surface area contributed by atoms with Crippen LogP contribution in [0.25, 0.3) is 16.5 Å². The summed E-state index contributed by atoms with van der Waals surface area (Å²) in [6, 6.07) is 6.60. The molecule has 1 amide bonds. The normalized spacial score (nSPS) is 26.3. The van der Waals surface area contributed by atoms with Gasteiger partial charge in [-0.3, -0.25) is 14.4 Å². The summed E-state index contributed by atoms with van der Waals surface area (Å²) in [5.74, 6) is -0.0445. The van der Waals surface area contributed by atoms with Crippen molar-refractivity contribution in [3.05, 3.63) is 84.0 Å². The van der Waals surface area contributed by atoms with Crippen LogP contribution in [0.15, 0.2) is 78.4 Å². The van der Waals surface area contributed by atoms with Crippen LogP contribution in [0, 0.1) is 0 Å². The van der Waals surface area contributed by atoms with Crippen molar-refractivity contribution in [2.75, 3.05) is 19.6 Å². The first kappa shape index (κ1) is 18.6. The smallest absolute Gasteiger partial charge is 0.255 e. The lowest BCUT2D eigenvalue weighted by Crippen LogP contribution is -2.48. The predicted octanol–water partition coefficient (Wildman–Crippen LogP) is 2.94. The molecule has 5 rings (SSSR count). The van der Waals surface area contributed by atoms with Crippen molar-refractivity contribution in [2.24, 2.45) is 7.05 Å². The number of carbonyl (C=O) groups is 1. The maximum absolute atomic E-state index is 13.2. The molecule has 1 atom stereocenters. The second-order valence-corrected chi connectivity index (χ2v) is 7.99. The quantitative estimate of drug-likeness (QED) is 0.844. The molecule has 0 radical (unpaired) electrons. The molecule has 6 nitrogen and oxygen atoms in total. The first-order valence-corrected chi connectivity index (χ1v) is 10.3. The number of fused-ring (bicyclic) bond motifs is 2. The Morgan fingerprint density at radius 2 is 2.03 bits per heavy atom. The molecule has 152 valence electrons. The Bertz CT molecular complexity index is 1160. The molecule has 0 bridgehead atoms. The Morgan fingerprint density at radius 3 is 2.90 bits per heavy atom. The average Bonchev–Trinajstić information content (AvgIpc) is 3.12. The highest BCUT2D eigenvalue weighted by molar-refractivity contribution is 6.00. The SMILES string of the molecule is C[C@H]1CN(C2=CN3C(=O)\C=C(c4ccc5c(cnn5C)c4)/C=C/C=C/3C=C2)CCN1. The molecule has 1 N–H and O–H groups in total. The molecular weight excluding hydrogens is 374 g/mol. The summed E-state index contributed by atoms with van der Waals surface area (Å²) in [4.78, 5) is 17.3. The highest BCUT2D eigenvalue weighted by Crippen LogP contribution is 2.27. The molecule has 30 heavy (non-hydrogen) atoms. The van der Waals surface area contributed by atoms with Gasteiger partial charge in [-0.2, -0.15) is 5.10 Å². The van der Waals surface area contributed by atoms with Crippen LogP contribution >= 0.6 is 0 Å². The third-order valence-corrected chi connectivity index (χ3v) is 5.84. The summed E-state index contributed by atoms with van der Waals surface area (Å²) in [5, 5.41) is 8.84. The number of aryl methyl sites for hydroxylation is 1. The average molecular weight is 399 g/mol. The standard InChI is InChI=1S/C24H25N5O/c1-17-15-28(11-10-25-17)22-8-7-21-5-3-4-18(13-24(30)29(21)16-22)19-6-9-23-20(12-19)14-26-27(23)2/h3-9,12-14,16-17,25H,10-11,15H2,1-2H3/b4-3+,18-13+,21-5+/t17-/m0/s1. The van der Waals surface area contributed by atoms with Gasteiger partial charge in [-0.15, -0.1) is 0 Å². The summed E-state index contributed by atoms with van der Waals surface area (Å²) in [5.41, 5.74) is 4.92. The van der Waals surface area contributed by atoms with Crippen molar-refractivity contribution in [3.8, 4) is 0 Å². The van der Waals surface area contributed by atoms with Crippen molar-refractivity contribution in [1.29, 1.82) is 0 Å². The minimum Gasteiger partial charge on any atom is -0.368 e. The van der Waals surface area contributed by atoms with E-state index < -0.39 is 0 Å².